The van der Waals surface area contributed by atoms with Crippen molar-refractivity contribution in [3.8, 4) is 0 Å². The number of thiazole rings is 1. The third-order valence-corrected chi connectivity index (χ3v) is 5.58. The number of piperazine rings is 1. The van der Waals surface area contributed by atoms with Gasteiger partial charge in [-0.05, 0) is 26.8 Å². The molecule has 0 N–H and O–H groups in total. The first kappa shape index (κ1) is 16.6. The largest absolute Gasteiger partial charge is 0.296 e. The molecule has 25 heavy (non-hydrogen) atoms. The Hall–Kier alpha value is -1.83. The standard InChI is InChI=1S/C18H24N6S/c1-13-8-14(2)24-18(20-13)16(9-19-24)10-22-4-6-23(7-5-22)11-17-12-25-15(3)21-17/h8-9,12H,4-7,10-11H2,1-3H3. The number of nitrogens with zero attached hydrogens (tertiary/aromatic N) is 6. The molecule has 6 nitrogen and oxygen atoms in total. The minimum atomic E-state index is 0.920. The van der Waals surface area contributed by atoms with Crippen molar-refractivity contribution >= 4 is 17.0 Å². The number of rotatable bonds is 4. The first-order chi connectivity index (χ1) is 12.1. The van der Waals surface area contributed by atoms with Crippen LogP contribution in [0.5, 0.6) is 0 Å². The van der Waals surface area contributed by atoms with E-state index in [9.17, 15) is 0 Å². The highest BCUT2D eigenvalue weighted by Crippen LogP contribution is 2.16. The van der Waals surface area contributed by atoms with Crippen LogP contribution in [-0.2, 0) is 13.1 Å². The summed E-state index contributed by atoms with van der Waals surface area (Å²) < 4.78 is 1.95. The molecule has 3 aromatic rings. The molecular weight excluding hydrogens is 332 g/mol. The van der Waals surface area contributed by atoms with Gasteiger partial charge in [-0.15, -0.1) is 11.3 Å². The number of fused-ring (bicyclic) bond motifs is 1. The molecular formula is C18H24N6S. The number of hydrogen-bond donors (Lipinski definition) is 0. The molecule has 3 aromatic heterocycles. The minimum absolute atomic E-state index is 0.920. The lowest BCUT2D eigenvalue weighted by Gasteiger charge is -2.34. The first-order valence-electron chi connectivity index (χ1n) is 8.75. The van der Waals surface area contributed by atoms with Gasteiger partial charge >= 0.3 is 0 Å². The maximum atomic E-state index is 4.69. The highest BCUT2D eigenvalue weighted by Gasteiger charge is 2.19. The Labute approximate surface area is 152 Å². The fourth-order valence-electron chi connectivity index (χ4n) is 3.48. The van der Waals surface area contributed by atoms with E-state index in [4.69, 9.17) is 4.98 Å². The maximum Gasteiger partial charge on any atom is 0.159 e. The van der Waals surface area contributed by atoms with Crippen LogP contribution in [0.2, 0.25) is 0 Å². The van der Waals surface area contributed by atoms with E-state index >= 15 is 0 Å². The van der Waals surface area contributed by atoms with Crippen LogP contribution in [0.3, 0.4) is 0 Å². The summed E-state index contributed by atoms with van der Waals surface area (Å²) >= 11 is 1.74. The summed E-state index contributed by atoms with van der Waals surface area (Å²) in [5, 5.41) is 7.84. The van der Waals surface area contributed by atoms with Crippen molar-refractivity contribution in [3.63, 3.8) is 0 Å². The molecule has 0 saturated carbocycles. The summed E-state index contributed by atoms with van der Waals surface area (Å²) in [6.07, 6.45) is 1.97. The predicted octanol–water partition coefficient (Wildman–Crippen LogP) is 2.43. The summed E-state index contributed by atoms with van der Waals surface area (Å²) in [6.45, 7) is 12.4. The number of aryl methyl sites for hydroxylation is 3. The highest BCUT2D eigenvalue weighted by atomic mass is 32.1. The quantitative estimate of drug-likeness (QED) is 0.719. The summed E-state index contributed by atoms with van der Waals surface area (Å²) in [5.74, 6) is 0. The predicted molar refractivity (Wildman–Crippen MR) is 99.9 cm³/mol. The van der Waals surface area contributed by atoms with Gasteiger partial charge in [-0.3, -0.25) is 9.80 Å². The monoisotopic (exact) mass is 356 g/mol. The molecule has 0 aliphatic carbocycles. The van der Waals surface area contributed by atoms with E-state index in [1.165, 1.54) is 11.3 Å². The average Bonchev–Trinajstić information content (AvgIpc) is 3.16. The molecule has 1 fully saturated rings. The second kappa shape index (κ2) is 6.82. The summed E-state index contributed by atoms with van der Waals surface area (Å²) in [7, 11) is 0. The Kier molecular flexibility index (Phi) is 4.54. The van der Waals surface area contributed by atoms with Crippen LogP contribution in [-0.4, -0.2) is 55.6 Å². The van der Waals surface area contributed by atoms with Crippen molar-refractivity contribution in [2.45, 2.75) is 33.9 Å². The van der Waals surface area contributed by atoms with E-state index < -0.39 is 0 Å². The van der Waals surface area contributed by atoms with Gasteiger partial charge in [-0.1, -0.05) is 0 Å². The number of hydrogen-bond acceptors (Lipinski definition) is 6. The van der Waals surface area contributed by atoms with Crippen LogP contribution in [0, 0.1) is 20.8 Å². The van der Waals surface area contributed by atoms with Crippen molar-refractivity contribution in [2.75, 3.05) is 26.2 Å². The molecule has 0 amide bonds. The van der Waals surface area contributed by atoms with Crippen molar-refractivity contribution < 1.29 is 0 Å². The molecule has 0 spiro atoms. The second-order valence-corrected chi connectivity index (χ2v) is 7.92. The molecule has 0 atom stereocenters. The molecule has 4 rings (SSSR count). The summed E-state index contributed by atoms with van der Waals surface area (Å²) in [6, 6.07) is 2.07. The fourth-order valence-corrected chi connectivity index (χ4v) is 4.09. The van der Waals surface area contributed by atoms with Gasteiger partial charge in [-0.2, -0.15) is 5.10 Å². The van der Waals surface area contributed by atoms with Crippen LogP contribution in [0.4, 0.5) is 0 Å². The summed E-state index contributed by atoms with van der Waals surface area (Å²) in [4.78, 5) is 14.3. The van der Waals surface area contributed by atoms with Gasteiger partial charge in [-0.25, -0.2) is 14.5 Å². The molecule has 0 radical (unpaired) electrons. The van der Waals surface area contributed by atoms with Crippen LogP contribution in [0.1, 0.15) is 27.7 Å². The minimum Gasteiger partial charge on any atom is -0.296 e. The SMILES string of the molecule is Cc1cc(C)n2ncc(CN3CCN(Cc4csc(C)n4)CC3)c2n1. The third-order valence-electron chi connectivity index (χ3n) is 4.76. The fraction of sp³-hybridized carbons (Fsp3) is 0.500. The van der Waals surface area contributed by atoms with Gasteiger partial charge in [0, 0.05) is 61.6 Å². The molecule has 132 valence electrons. The average molecular weight is 356 g/mol. The van der Waals surface area contributed by atoms with E-state index in [0.717, 1.165) is 61.3 Å². The molecule has 0 bridgehead atoms. The van der Waals surface area contributed by atoms with Crippen LogP contribution in [0.25, 0.3) is 5.65 Å². The zero-order valence-corrected chi connectivity index (χ0v) is 15.9. The third kappa shape index (κ3) is 3.58. The lowest BCUT2D eigenvalue weighted by atomic mass is 10.2. The Morgan fingerprint density at radius 3 is 2.40 bits per heavy atom. The van der Waals surface area contributed by atoms with E-state index in [1.54, 1.807) is 11.3 Å². The molecule has 0 unspecified atom stereocenters. The highest BCUT2D eigenvalue weighted by molar-refractivity contribution is 7.09. The van der Waals surface area contributed by atoms with Crippen molar-refractivity contribution in [2.24, 2.45) is 0 Å². The van der Waals surface area contributed by atoms with Crippen molar-refractivity contribution in [1.82, 2.24) is 29.4 Å². The van der Waals surface area contributed by atoms with E-state index in [-0.39, 0.29) is 0 Å². The van der Waals surface area contributed by atoms with Gasteiger partial charge in [0.2, 0.25) is 0 Å². The van der Waals surface area contributed by atoms with E-state index in [0.29, 0.717) is 0 Å². The van der Waals surface area contributed by atoms with Crippen LogP contribution < -0.4 is 0 Å². The van der Waals surface area contributed by atoms with Gasteiger partial charge in [0.25, 0.3) is 0 Å². The molecule has 1 saturated heterocycles. The van der Waals surface area contributed by atoms with E-state index in [1.807, 2.05) is 17.6 Å². The normalized spacial score (nSPS) is 16.8. The van der Waals surface area contributed by atoms with Gasteiger partial charge in [0.05, 0.1) is 16.9 Å². The molecule has 1 aliphatic rings. The van der Waals surface area contributed by atoms with Gasteiger partial charge < -0.3 is 0 Å². The zero-order valence-electron chi connectivity index (χ0n) is 15.1. The lowest BCUT2D eigenvalue weighted by Crippen LogP contribution is -2.45. The molecule has 4 heterocycles. The van der Waals surface area contributed by atoms with Gasteiger partial charge in [0.1, 0.15) is 0 Å². The zero-order chi connectivity index (χ0) is 17.4. The second-order valence-electron chi connectivity index (χ2n) is 6.85. The molecule has 1 aliphatic heterocycles. The van der Waals surface area contributed by atoms with E-state index in [2.05, 4.69) is 45.2 Å². The Bertz CT molecular complexity index is 875. The topological polar surface area (TPSA) is 49.6 Å². The van der Waals surface area contributed by atoms with Crippen LogP contribution >= 0.6 is 11.3 Å². The summed E-state index contributed by atoms with van der Waals surface area (Å²) in [5.41, 5.74) is 5.61. The Morgan fingerprint density at radius 1 is 1.00 bits per heavy atom. The maximum absolute atomic E-state index is 4.69. The van der Waals surface area contributed by atoms with Crippen molar-refractivity contribution in [3.05, 3.63) is 45.3 Å². The molecule has 7 heteroatoms. The molecule has 0 aromatic carbocycles. The van der Waals surface area contributed by atoms with Crippen molar-refractivity contribution in [1.29, 1.82) is 0 Å². The first-order valence-corrected chi connectivity index (χ1v) is 9.63. The Balaban J connectivity index is 1.39. The lowest BCUT2D eigenvalue weighted by molar-refractivity contribution is 0.121. The number of aromatic nitrogens is 4. The smallest absolute Gasteiger partial charge is 0.159 e. The van der Waals surface area contributed by atoms with Crippen LogP contribution in [0.15, 0.2) is 17.6 Å². The van der Waals surface area contributed by atoms with Gasteiger partial charge in [0.15, 0.2) is 5.65 Å². The Morgan fingerprint density at radius 2 is 1.72 bits per heavy atom.